The summed E-state index contributed by atoms with van der Waals surface area (Å²) in [5, 5.41) is 0. The number of hydrogen-bond donors (Lipinski definition) is 0. The number of esters is 1. The molecule has 70 valence electrons. The Morgan fingerprint density at radius 3 is 2.67 bits per heavy atom. The second kappa shape index (κ2) is 5.38. The van der Waals surface area contributed by atoms with E-state index in [1.807, 2.05) is 0 Å². The molecule has 0 aromatic heterocycles. The number of alkyl halides is 1. The van der Waals surface area contributed by atoms with Crippen LogP contribution < -0.4 is 0 Å². The summed E-state index contributed by atoms with van der Waals surface area (Å²) < 4.78 is 9.93. The molecular weight excluding hydrogens is 180 g/mol. The van der Waals surface area contributed by atoms with Crippen LogP contribution in [0.2, 0.25) is 0 Å². The molecule has 0 saturated heterocycles. The Hall–Kier alpha value is -0.280. The first-order valence-corrected chi connectivity index (χ1v) is 4.69. The van der Waals surface area contributed by atoms with Gasteiger partial charge in [0, 0.05) is 0 Å². The zero-order chi connectivity index (χ0) is 8.81. The van der Waals surface area contributed by atoms with Crippen molar-refractivity contribution < 1.29 is 14.3 Å². The van der Waals surface area contributed by atoms with Crippen LogP contribution in [0.25, 0.3) is 0 Å². The number of halogens is 1. The molecule has 0 spiro atoms. The van der Waals surface area contributed by atoms with Crippen LogP contribution in [0.5, 0.6) is 0 Å². The Bertz CT molecular complexity index is 143. The van der Waals surface area contributed by atoms with Gasteiger partial charge in [-0.25, -0.2) is 0 Å². The summed E-state index contributed by atoms with van der Waals surface area (Å²) in [7, 11) is 0. The first-order chi connectivity index (χ1) is 5.83. The Labute approximate surface area is 77.0 Å². The van der Waals surface area contributed by atoms with Gasteiger partial charge in [-0.1, -0.05) is 12.8 Å². The molecule has 0 aliphatic heterocycles. The van der Waals surface area contributed by atoms with Crippen LogP contribution in [0, 0.1) is 0 Å². The predicted molar refractivity (Wildman–Crippen MR) is 45.0 cm³/mol. The molecule has 12 heavy (non-hydrogen) atoms. The quantitative estimate of drug-likeness (QED) is 0.386. The van der Waals surface area contributed by atoms with Crippen LogP contribution in [0.4, 0.5) is 0 Å². The third-order valence-corrected chi connectivity index (χ3v) is 2.15. The lowest BCUT2D eigenvalue weighted by atomic mass is 10.3. The number of hydrogen-bond acceptors (Lipinski definition) is 3. The lowest BCUT2D eigenvalue weighted by Crippen LogP contribution is -2.14. The maximum Gasteiger partial charge on any atom is 0.322 e. The molecule has 1 rings (SSSR count). The second-order valence-electron chi connectivity index (χ2n) is 2.84. The minimum absolute atomic E-state index is 0.0518. The van der Waals surface area contributed by atoms with E-state index in [1.165, 1.54) is 12.8 Å². The highest BCUT2D eigenvalue weighted by Gasteiger charge is 2.15. The van der Waals surface area contributed by atoms with Gasteiger partial charge in [0.2, 0.25) is 0 Å². The average Bonchev–Trinajstić information content (AvgIpc) is 2.57. The number of carbonyl (C=O) groups excluding carboxylic acids is 1. The average molecular weight is 193 g/mol. The van der Waals surface area contributed by atoms with Gasteiger partial charge in [-0.15, -0.1) is 11.6 Å². The monoisotopic (exact) mass is 192 g/mol. The maximum atomic E-state index is 10.6. The van der Waals surface area contributed by atoms with Gasteiger partial charge in [0.15, 0.2) is 6.79 Å². The van der Waals surface area contributed by atoms with Crippen molar-refractivity contribution in [2.75, 3.05) is 12.7 Å². The smallest absolute Gasteiger partial charge is 0.322 e. The molecule has 0 bridgehead atoms. The van der Waals surface area contributed by atoms with E-state index in [-0.39, 0.29) is 18.8 Å². The van der Waals surface area contributed by atoms with E-state index >= 15 is 0 Å². The predicted octanol–water partition coefficient (Wildman–Crippen LogP) is 1.69. The van der Waals surface area contributed by atoms with Crippen LogP contribution in [0.15, 0.2) is 0 Å². The highest BCUT2D eigenvalue weighted by Crippen LogP contribution is 2.20. The van der Waals surface area contributed by atoms with Crippen molar-refractivity contribution in [2.45, 2.75) is 31.8 Å². The molecule has 0 aromatic rings. The Balaban J connectivity index is 1.97. The molecule has 4 heteroatoms. The molecule has 3 nitrogen and oxygen atoms in total. The normalized spacial score (nSPS) is 18.1. The molecule has 0 unspecified atom stereocenters. The number of ether oxygens (including phenoxy) is 2. The van der Waals surface area contributed by atoms with Crippen molar-refractivity contribution in [1.29, 1.82) is 0 Å². The second-order valence-corrected chi connectivity index (χ2v) is 3.11. The minimum atomic E-state index is -0.422. The molecule has 1 aliphatic carbocycles. The van der Waals surface area contributed by atoms with E-state index in [1.54, 1.807) is 0 Å². The summed E-state index contributed by atoms with van der Waals surface area (Å²) in [4.78, 5) is 10.6. The van der Waals surface area contributed by atoms with E-state index in [0.717, 1.165) is 12.8 Å². The first-order valence-electron chi connectivity index (χ1n) is 4.16. The highest BCUT2D eigenvalue weighted by atomic mass is 35.5. The lowest BCUT2D eigenvalue weighted by Gasteiger charge is -2.10. The summed E-state index contributed by atoms with van der Waals surface area (Å²) in [5.41, 5.74) is 0. The third kappa shape index (κ3) is 3.41. The van der Waals surface area contributed by atoms with Crippen LogP contribution in [-0.4, -0.2) is 24.7 Å². The first kappa shape index (κ1) is 9.81. The van der Waals surface area contributed by atoms with Gasteiger partial charge in [0.25, 0.3) is 0 Å². The Morgan fingerprint density at radius 2 is 2.08 bits per heavy atom. The van der Waals surface area contributed by atoms with Gasteiger partial charge < -0.3 is 9.47 Å². The summed E-state index contributed by atoms with van der Waals surface area (Å²) in [6.07, 6.45) is 4.88. The molecule has 0 atom stereocenters. The molecule has 1 aliphatic rings. The summed E-state index contributed by atoms with van der Waals surface area (Å²) in [6.45, 7) is 0.0518. The third-order valence-electron chi connectivity index (χ3n) is 1.93. The molecule has 1 saturated carbocycles. The Kier molecular flexibility index (Phi) is 4.40. The molecule has 1 fully saturated rings. The van der Waals surface area contributed by atoms with Crippen molar-refractivity contribution in [1.82, 2.24) is 0 Å². The van der Waals surface area contributed by atoms with Crippen LogP contribution >= 0.6 is 11.6 Å². The van der Waals surface area contributed by atoms with Gasteiger partial charge in [-0.05, 0) is 12.8 Å². The van der Waals surface area contributed by atoms with Gasteiger partial charge in [-0.2, -0.15) is 0 Å². The van der Waals surface area contributed by atoms with E-state index < -0.39 is 5.97 Å². The number of rotatable bonds is 4. The highest BCUT2D eigenvalue weighted by molar-refractivity contribution is 6.26. The van der Waals surface area contributed by atoms with Crippen LogP contribution in [0.3, 0.4) is 0 Å². The zero-order valence-corrected chi connectivity index (χ0v) is 7.68. The standard InChI is InChI=1S/C8H13ClO3/c9-5-8(10)12-6-11-7-3-1-2-4-7/h7H,1-6H2. The molecule has 0 heterocycles. The zero-order valence-electron chi connectivity index (χ0n) is 6.92. The topological polar surface area (TPSA) is 35.5 Å². The largest absolute Gasteiger partial charge is 0.438 e. The van der Waals surface area contributed by atoms with Crippen molar-refractivity contribution in [2.24, 2.45) is 0 Å². The van der Waals surface area contributed by atoms with E-state index in [9.17, 15) is 4.79 Å². The molecular formula is C8H13ClO3. The van der Waals surface area contributed by atoms with E-state index in [0.29, 0.717) is 0 Å². The van der Waals surface area contributed by atoms with Crippen molar-refractivity contribution in [3.63, 3.8) is 0 Å². The van der Waals surface area contributed by atoms with Crippen molar-refractivity contribution in [3.05, 3.63) is 0 Å². The lowest BCUT2D eigenvalue weighted by molar-refractivity contribution is -0.157. The van der Waals surface area contributed by atoms with Gasteiger partial charge >= 0.3 is 5.97 Å². The van der Waals surface area contributed by atoms with E-state index in [4.69, 9.17) is 16.3 Å². The fraction of sp³-hybridized carbons (Fsp3) is 0.875. The summed E-state index contributed by atoms with van der Waals surface area (Å²) in [5.74, 6) is -0.525. The van der Waals surface area contributed by atoms with Gasteiger partial charge in [-0.3, -0.25) is 4.79 Å². The Morgan fingerprint density at radius 1 is 1.42 bits per heavy atom. The molecule has 0 radical (unpaired) electrons. The summed E-state index contributed by atoms with van der Waals surface area (Å²) in [6, 6.07) is 0. The minimum Gasteiger partial charge on any atom is -0.438 e. The SMILES string of the molecule is O=C(CCl)OCOC1CCCC1. The van der Waals surface area contributed by atoms with Crippen molar-refractivity contribution >= 4 is 17.6 Å². The van der Waals surface area contributed by atoms with Gasteiger partial charge in [0.05, 0.1) is 6.10 Å². The van der Waals surface area contributed by atoms with E-state index in [2.05, 4.69) is 4.74 Å². The maximum absolute atomic E-state index is 10.6. The number of carbonyl (C=O) groups is 1. The van der Waals surface area contributed by atoms with Crippen molar-refractivity contribution in [3.8, 4) is 0 Å². The molecule has 0 N–H and O–H groups in total. The fourth-order valence-corrected chi connectivity index (χ4v) is 1.37. The van der Waals surface area contributed by atoms with Crippen LogP contribution in [-0.2, 0) is 14.3 Å². The molecule has 0 aromatic carbocycles. The summed E-state index contributed by atoms with van der Waals surface area (Å²) >= 11 is 5.22. The fourth-order valence-electron chi connectivity index (χ4n) is 1.29. The molecule has 0 amide bonds. The van der Waals surface area contributed by atoms with Crippen LogP contribution in [0.1, 0.15) is 25.7 Å². The van der Waals surface area contributed by atoms with Gasteiger partial charge in [0.1, 0.15) is 5.88 Å².